The Labute approximate surface area is 247 Å². The second kappa shape index (κ2) is 12.0. The van der Waals surface area contributed by atoms with Crippen molar-refractivity contribution in [3.63, 3.8) is 0 Å². The van der Waals surface area contributed by atoms with Crippen molar-refractivity contribution in [2.75, 3.05) is 40.9 Å². The molecule has 3 aliphatic rings. The summed E-state index contributed by atoms with van der Waals surface area (Å²) in [4.78, 5) is 34.1. The lowest BCUT2D eigenvalue weighted by Gasteiger charge is -2.42. The molecule has 1 saturated heterocycles. The number of aromatic amines is 1. The van der Waals surface area contributed by atoms with Crippen molar-refractivity contribution < 1.29 is 36.6 Å². The summed E-state index contributed by atoms with van der Waals surface area (Å²) in [7, 11) is 4.97. The molecule has 2 aliphatic carbocycles. The Morgan fingerprint density at radius 3 is 2.51 bits per heavy atom. The predicted molar refractivity (Wildman–Crippen MR) is 148 cm³/mol. The Morgan fingerprint density at radius 2 is 1.88 bits per heavy atom. The van der Waals surface area contributed by atoms with Crippen LogP contribution in [0.3, 0.4) is 0 Å². The summed E-state index contributed by atoms with van der Waals surface area (Å²) < 4.78 is 66.8. The number of pyridine rings is 1. The van der Waals surface area contributed by atoms with Crippen LogP contribution in [0.1, 0.15) is 61.9 Å². The van der Waals surface area contributed by atoms with Crippen molar-refractivity contribution in [1.82, 2.24) is 30.3 Å². The molecule has 1 spiro atoms. The molecular formula is C29H38F4N6O4. The van der Waals surface area contributed by atoms with Crippen LogP contribution in [0.2, 0.25) is 0 Å². The van der Waals surface area contributed by atoms with Crippen LogP contribution < -0.4 is 10.1 Å². The summed E-state index contributed by atoms with van der Waals surface area (Å²) >= 11 is 0. The van der Waals surface area contributed by atoms with Crippen LogP contribution in [0.5, 0.6) is 5.88 Å². The van der Waals surface area contributed by atoms with Gasteiger partial charge in [-0.3, -0.25) is 14.7 Å². The molecule has 3 fully saturated rings. The molecule has 2 aromatic rings. The molecule has 0 unspecified atom stereocenters. The van der Waals surface area contributed by atoms with E-state index in [-0.39, 0.29) is 78.9 Å². The van der Waals surface area contributed by atoms with Crippen LogP contribution >= 0.6 is 0 Å². The molecule has 0 bridgehead atoms. The molecule has 43 heavy (non-hydrogen) atoms. The fraction of sp³-hybridized carbons (Fsp3) is 0.655. The zero-order valence-electron chi connectivity index (χ0n) is 24.6. The SMILES string of the molecule is COc1cc(-c2cc(C(=O)N3CC[C@H](C(=O)NC4CCC(OCCN(C)C)(C(F)(F)F)CC4)CC34CC4)[nH]n2)c(F)cn1. The van der Waals surface area contributed by atoms with Gasteiger partial charge in [-0.25, -0.2) is 9.37 Å². The maximum atomic E-state index is 14.4. The third kappa shape index (κ3) is 6.49. The Kier molecular flexibility index (Phi) is 8.72. The lowest BCUT2D eigenvalue weighted by Crippen LogP contribution is -2.55. The minimum Gasteiger partial charge on any atom is -0.481 e. The van der Waals surface area contributed by atoms with Crippen LogP contribution in [0.25, 0.3) is 11.3 Å². The summed E-state index contributed by atoms with van der Waals surface area (Å²) in [5.41, 5.74) is -2.04. The summed E-state index contributed by atoms with van der Waals surface area (Å²) in [6.07, 6.45) is -1.08. The first-order valence-electron chi connectivity index (χ1n) is 14.6. The normalized spacial score (nSPS) is 25.2. The monoisotopic (exact) mass is 610 g/mol. The number of nitrogens with one attached hydrogen (secondary N) is 2. The van der Waals surface area contributed by atoms with Crippen molar-refractivity contribution in [2.45, 2.75) is 74.7 Å². The topological polar surface area (TPSA) is 113 Å². The average Bonchev–Trinajstić information content (AvgIpc) is 3.54. The first-order valence-corrected chi connectivity index (χ1v) is 14.6. The van der Waals surface area contributed by atoms with E-state index in [0.717, 1.165) is 19.0 Å². The Bertz CT molecular complexity index is 1320. The fourth-order valence-corrected chi connectivity index (χ4v) is 6.27. The molecule has 236 valence electrons. The number of carbonyl (C=O) groups is 2. The average molecular weight is 611 g/mol. The van der Waals surface area contributed by atoms with Gasteiger partial charge in [0.25, 0.3) is 5.91 Å². The van der Waals surface area contributed by atoms with E-state index in [2.05, 4.69) is 20.5 Å². The van der Waals surface area contributed by atoms with Gasteiger partial charge in [0.05, 0.1) is 25.6 Å². The number of nitrogens with zero attached hydrogens (tertiary/aromatic N) is 4. The van der Waals surface area contributed by atoms with E-state index in [1.807, 2.05) is 0 Å². The van der Waals surface area contributed by atoms with Gasteiger partial charge < -0.3 is 24.6 Å². The number of piperidine rings is 1. The Balaban J connectivity index is 1.17. The van der Waals surface area contributed by atoms with Gasteiger partial charge in [0, 0.05) is 42.2 Å². The number of likely N-dealkylation sites (tertiary alicyclic amines) is 1. The van der Waals surface area contributed by atoms with E-state index < -0.39 is 23.1 Å². The number of methoxy groups -OCH3 is 1. The zero-order chi connectivity index (χ0) is 31.0. The number of hydrogen-bond donors (Lipinski definition) is 2. The molecule has 2 N–H and O–H groups in total. The van der Waals surface area contributed by atoms with Crippen LogP contribution in [-0.4, -0.2) is 101 Å². The van der Waals surface area contributed by atoms with Crippen molar-refractivity contribution >= 4 is 11.8 Å². The third-order valence-corrected chi connectivity index (χ3v) is 9.04. The highest BCUT2D eigenvalue weighted by Gasteiger charge is 2.58. The smallest absolute Gasteiger partial charge is 0.417 e. The number of carbonyl (C=O) groups excluding carboxylic acids is 2. The second-order valence-corrected chi connectivity index (χ2v) is 12.2. The molecule has 5 rings (SSSR count). The first kappa shape index (κ1) is 31.2. The Morgan fingerprint density at radius 1 is 1.16 bits per heavy atom. The van der Waals surface area contributed by atoms with Crippen molar-refractivity contribution in [1.29, 1.82) is 0 Å². The minimum absolute atomic E-state index is 0.0157. The molecule has 3 heterocycles. The number of halogens is 4. The predicted octanol–water partition coefficient (Wildman–Crippen LogP) is 3.94. The quantitative estimate of drug-likeness (QED) is 0.414. The van der Waals surface area contributed by atoms with Crippen LogP contribution in [0.4, 0.5) is 17.6 Å². The largest absolute Gasteiger partial charge is 0.481 e. The van der Waals surface area contributed by atoms with Gasteiger partial charge in [-0.1, -0.05) is 0 Å². The summed E-state index contributed by atoms with van der Waals surface area (Å²) in [5.74, 6) is -1.18. The summed E-state index contributed by atoms with van der Waals surface area (Å²) in [6.45, 7) is 0.726. The minimum atomic E-state index is -4.49. The summed E-state index contributed by atoms with van der Waals surface area (Å²) in [6, 6.07) is 2.54. The molecule has 2 saturated carbocycles. The van der Waals surface area contributed by atoms with E-state index in [1.54, 1.807) is 23.9 Å². The van der Waals surface area contributed by atoms with Crippen LogP contribution in [0.15, 0.2) is 18.3 Å². The molecule has 14 heteroatoms. The molecule has 2 aromatic heterocycles. The zero-order valence-corrected chi connectivity index (χ0v) is 24.6. The van der Waals surface area contributed by atoms with Gasteiger partial charge in [0.15, 0.2) is 11.4 Å². The van der Waals surface area contributed by atoms with E-state index in [9.17, 15) is 27.2 Å². The first-order chi connectivity index (χ1) is 20.4. The maximum absolute atomic E-state index is 14.4. The second-order valence-electron chi connectivity index (χ2n) is 12.2. The van der Waals surface area contributed by atoms with Gasteiger partial charge in [-0.2, -0.15) is 18.3 Å². The third-order valence-electron chi connectivity index (χ3n) is 9.04. The number of ether oxygens (including phenoxy) is 2. The number of H-pyrrole nitrogens is 1. The molecule has 0 aromatic carbocycles. The van der Waals surface area contributed by atoms with Gasteiger partial charge in [-0.05, 0) is 71.5 Å². The molecule has 0 radical (unpaired) electrons. The van der Waals surface area contributed by atoms with Crippen molar-refractivity contribution in [3.8, 4) is 17.1 Å². The van der Waals surface area contributed by atoms with Gasteiger partial charge in [0.1, 0.15) is 5.69 Å². The fourth-order valence-electron chi connectivity index (χ4n) is 6.27. The van der Waals surface area contributed by atoms with Crippen molar-refractivity contribution in [2.24, 2.45) is 5.92 Å². The molecular weight excluding hydrogens is 572 g/mol. The molecule has 10 nitrogen and oxygen atoms in total. The highest BCUT2D eigenvalue weighted by atomic mass is 19.4. The van der Waals surface area contributed by atoms with E-state index in [0.29, 0.717) is 25.9 Å². The van der Waals surface area contributed by atoms with Gasteiger partial charge in [-0.15, -0.1) is 0 Å². The van der Waals surface area contributed by atoms with Gasteiger partial charge in [0.2, 0.25) is 11.8 Å². The highest BCUT2D eigenvalue weighted by Crippen LogP contribution is 2.51. The number of likely N-dealkylation sites (N-methyl/N-ethyl adjacent to an activating group) is 1. The highest BCUT2D eigenvalue weighted by molar-refractivity contribution is 5.94. The summed E-state index contributed by atoms with van der Waals surface area (Å²) in [5, 5.41) is 9.83. The lowest BCUT2D eigenvalue weighted by molar-refractivity contribution is -0.289. The van der Waals surface area contributed by atoms with E-state index in [1.165, 1.54) is 19.2 Å². The number of aromatic nitrogens is 3. The number of rotatable bonds is 9. The van der Waals surface area contributed by atoms with Crippen LogP contribution in [-0.2, 0) is 9.53 Å². The maximum Gasteiger partial charge on any atom is 0.417 e. The van der Waals surface area contributed by atoms with Crippen LogP contribution in [0, 0.1) is 11.7 Å². The molecule has 2 amide bonds. The number of amides is 2. The standard InChI is InChI=1S/C29H38F4N6O4/c1-38(2)12-13-43-28(29(31,32)33)7-4-19(5-8-28)35-25(40)18-6-11-39(27(16-18)9-10-27)26(41)23-15-22(36-37-23)20-14-24(42-3)34-17-21(20)30/h14-15,17-19H,4-13,16H2,1-3H3,(H,35,40)(H,36,37)/t18-,19?,28?/m0/s1. The lowest BCUT2D eigenvalue weighted by atomic mass is 9.80. The molecule has 1 atom stereocenters. The van der Waals surface area contributed by atoms with E-state index >= 15 is 0 Å². The Hall–Kier alpha value is -3.26. The number of hydrogen-bond acceptors (Lipinski definition) is 7. The van der Waals surface area contributed by atoms with E-state index in [4.69, 9.17) is 9.47 Å². The van der Waals surface area contributed by atoms with Gasteiger partial charge >= 0.3 is 6.18 Å². The molecule has 1 aliphatic heterocycles. The van der Waals surface area contributed by atoms with Crippen molar-refractivity contribution in [3.05, 3.63) is 29.8 Å². The number of alkyl halides is 3.